The van der Waals surface area contributed by atoms with Crippen LogP contribution in [0.15, 0.2) is 30.5 Å². The van der Waals surface area contributed by atoms with Crippen molar-refractivity contribution in [1.82, 2.24) is 9.78 Å². The van der Waals surface area contributed by atoms with Crippen molar-refractivity contribution in [3.63, 3.8) is 0 Å². The normalized spacial score (nSPS) is 10.5. The van der Waals surface area contributed by atoms with Crippen molar-refractivity contribution in [2.75, 3.05) is 18.5 Å². The largest absolute Gasteiger partial charge is 0.491 e. The topological polar surface area (TPSA) is 39.1 Å². The molecule has 1 aromatic carbocycles. The Hall–Kier alpha value is -2.04. The fourth-order valence-electron chi connectivity index (χ4n) is 1.86. The Bertz CT molecular complexity index is 539. The molecule has 0 radical (unpaired) electrons. The van der Waals surface area contributed by atoms with E-state index >= 15 is 0 Å². The fraction of sp³-hybridized carbons (Fsp3) is 0.357. The van der Waals surface area contributed by atoms with E-state index in [4.69, 9.17) is 4.74 Å². The maximum atomic E-state index is 13.6. The third-order valence-electron chi connectivity index (χ3n) is 2.86. The van der Waals surface area contributed by atoms with E-state index < -0.39 is 0 Å². The molecule has 0 saturated carbocycles. The quantitative estimate of drug-likeness (QED) is 0.870. The van der Waals surface area contributed by atoms with Gasteiger partial charge < -0.3 is 10.1 Å². The molecule has 0 amide bonds. The Morgan fingerprint density at radius 3 is 2.84 bits per heavy atom. The van der Waals surface area contributed by atoms with Crippen molar-refractivity contribution in [3.8, 4) is 5.75 Å². The fourth-order valence-corrected chi connectivity index (χ4v) is 1.86. The summed E-state index contributed by atoms with van der Waals surface area (Å²) in [4.78, 5) is 0. The van der Waals surface area contributed by atoms with Gasteiger partial charge in [-0.2, -0.15) is 5.10 Å². The van der Waals surface area contributed by atoms with Gasteiger partial charge in [0.05, 0.1) is 6.61 Å². The molecular formula is C14H18FN3O. The van der Waals surface area contributed by atoms with E-state index in [1.54, 1.807) is 12.3 Å². The van der Waals surface area contributed by atoms with E-state index in [0.717, 1.165) is 24.3 Å². The van der Waals surface area contributed by atoms with Crippen molar-refractivity contribution in [2.24, 2.45) is 7.05 Å². The molecule has 0 unspecified atom stereocenters. The molecule has 0 aliphatic heterocycles. The molecule has 1 N–H and O–H groups in total. The van der Waals surface area contributed by atoms with Crippen LogP contribution in [0, 0.1) is 5.82 Å². The van der Waals surface area contributed by atoms with Crippen LogP contribution in [0.1, 0.15) is 12.6 Å². The molecular weight excluding hydrogens is 245 g/mol. The Labute approximate surface area is 112 Å². The summed E-state index contributed by atoms with van der Waals surface area (Å²) in [5, 5.41) is 7.28. The highest BCUT2D eigenvalue weighted by Gasteiger charge is 2.04. The third-order valence-corrected chi connectivity index (χ3v) is 2.86. The van der Waals surface area contributed by atoms with Gasteiger partial charge in [-0.05, 0) is 25.1 Å². The highest BCUT2D eigenvalue weighted by molar-refractivity contribution is 5.47. The summed E-state index contributed by atoms with van der Waals surface area (Å²) in [6, 6.07) is 6.89. The molecule has 102 valence electrons. The molecule has 19 heavy (non-hydrogen) atoms. The van der Waals surface area contributed by atoms with Gasteiger partial charge in [0.1, 0.15) is 0 Å². The smallest absolute Gasteiger partial charge is 0.167 e. The van der Waals surface area contributed by atoms with Crippen molar-refractivity contribution in [2.45, 2.75) is 13.3 Å². The first-order valence-electron chi connectivity index (χ1n) is 6.34. The molecule has 0 aliphatic carbocycles. The van der Waals surface area contributed by atoms with Crippen molar-refractivity contribution >= 4 is 5.69 Å². The van der Waals surface area contributed by atoms with Crippen LogP contribution >= 0.6 is 0 Å². The van der Waals surface area contributed by atoms with Crippen molar-refractivity contribution in [1.29, 1.82) is 0 Å². The van der Waals surface area contributed by atoms with E-state index in [-0.39, 0.29) is 5.82 Å². The predicted molar refractivity (Wildman–Crippen MR) is 73.0 cm³/mol. The van der Waals surface area contributed by atoms with Crippen molar-refractivity contribution < 1.29 is 9.13 Å². The van der Waals surface area contributed by atoms with Crippen LogP contribution in [0.3, 0.4) is 0 Å². The monoisotopic (exact) mass is 263 g/mol. The van der Waals surface area contributed by atoms with Gasteiger partial charge in [-0.25, -0.2) is 4.39 Å². The van der Waals surface area contributed by atoms with Crippen LogP contribution in [0.4, 0.5) is 10.1 Å². The summed E-state index contributed by atoms with van der Waals surface area (Å²) in [6.07, 6.45) is 2.61. The van der Waals surface area contributed by atoms with E-state index in [1.807, 2.05) is 30.8 Å². The average Bonchev–Trinajstić information content (AvgIpc) is 2.79. The number of halogens is 1. The zero-order valence-corrected chi connectivity index (χ0v) is 11.2. The molecule has 1 aromatic heterocycles. The van der Waals surface area contributed by atoms with E-state index in [9.17, 15) is 4.39 Å². The molecule has 0 fully saturated rings. The molecule has 4 nitrogen and oxygen atoms in total. The molecule has 0 atom stereocenters. The van der Waals surface area contributed by atoms with Crippen LogP contribution in [0.25, 0.3) is 0 Å². The lowest BCUT2D eigenvalue weighted by molar-refractivity contribution is 0.321. The number of ether oxygens (including phenoxy) is 1. The van der Waals surface area contributed by atoms with Crippen molar-refractivity contribution in [3.05, 3.63) is 42.0 Å². The van der Waals surface area contributed by atoms with E-state index in [1.165, 1.54) is 6.07 Å². The lowest BCUT2D eigenvalue weighted by atomic mass is 10.2. The summed E-state index contributed by atoms with van der Waals surface area (Å²) in [7, 11) is 1.91. The van der Waals surface area contributed by atoms with Gasteiger partial charge in [-0.15, -0.1) is 0 Å². The first-order chi connectivity index (χ1) is 9.20. The number of rotatable bonds is 6. The second-order valence-corrected chi connectivity index (χ2v) is 4.20. The minimum absolute atomic E-state index is 0.291. The van der Waals surface area contributed by atoms with Crippen LogP contribution in [0.5, 0.6) is 5.75 Å². The SMILES string of the molecule is CCOc1ccc(NCCc2ccnn2C)cc1F. The lowest BCUT2D eigenvalue weighted by Gasteiger charge is -2.09. The van der Waals surface area contributed by atoms with Crippen LogP contribution < -0.4 is 10.1 Å². The molecule has 0 bridgehead atoms. The van der Waals surface area contributed by atoms with E-state index in [0.29, 0.717) is 12.4 Å². The zero-order valence-electron chi connectivity index (χ0n) is 11.2. The third kappa shape index (κ3) is 3.47. The molecule has 0 saturated heterocycles. The number of benzene rings is 1. The van der Waals surface area contributed by atoms with Crippen LogP contribution in [0.2, 0.25) is 0 Å². The summed E-state index contributed by atoms with van der Waals surface area (Å²) in [6.45, 7) is 3.02. The molecule has 2 aromatic rings. The molecule has 0 aliphatic rings. The Kier molecular flexibility index (Phi) is 4.39. The first-order valence-corrected chi connectivity index (χ1v) is 6.34. The number of nitrogens with zero attached hydrogens (tertiary/aromatic N) is 2. The number of nitrogens with one attached hydrogen (secondary N) is 1. The minimum Gasteiger partial charge on any atom is -0.491 e. The number of aryl methyl sites for hydroxylation is 1. The number of anilines is 1. The average molecular weight is 263 g/mol. The van der Waals surface area contributed by atoms with Gasteiger partial charge in [-0.3, -0.25) is 4.68 Å². The Balaban J connectivity index is 1.89. The maximum absolute atomic E-state index is 13.6. The van der Waals surface area contributed by atoms with Gasteiger partial charge >= 0.3 is 0 Å². The number of hydrogen-bond donors (Lipinski definition) is 1. The summed E-state index contributed by atoms with van der Waals surface area (Å²) >= 11 is 0. The van der Waals surface area contributed by atoms with Gasteiger partial charge in [0.25, 0.3) is 0 Å². The number of hydrogen-bond acceptors (Lipinski definition) is 3. The van der Waals surface area contributed by atoms with Gasteiger partial charge in [0.15, 0.2) is 11.6 Å². The van der Waals surface area contributed by atoms with Crippen LogP contribution in [-0.2, 0) is 13.5 Å². The highest BCUT2D eigenvalue weighted by Crippen LogP contribution is 2.21. The zero-order chi connectivity index (χ0) is 13.7. The van der Waals surface area contributed by atoms with Gasteiger partial charge in [0, 0.05) is 43.7 Å². The molecule has 2 rings (SSSR count). The predicted octanol–water partition coefficient (Wildman–Crippen LogP) is 2.61. The summed E-state index contributed by atoms with van der Waals surface area (Å²) < 4.78 is 20.6. The van der Waals surface area contributed by atoms with E-state index in [2.05, 4.69) is 10.4 Å². The highest BCUT2D eigenvalue weighted by atomic mass is 19.1. The molecule has 1 heterocycles. The maximum Gasteiger partial charge on any atom is 0.167 e. The van der Waals surface area contributed by atoms with Gasteiger partial charge in [-0.1, -0.05) is 0 Å². The summed E-state index contributed by atoms with van der Waals surface area (Å²) in [5.74, 6) is -0.0490. The molecule has 5 heteroatoms. The van der Waals surface area contributed by atoms with Gasteiger partial charge in [0.2, 0.25) is 0 Å². The standard InChI is InChI=1S/C14H18FN3O/c1-3-19-14-5-4-11(10-13(14)15)16-8-6-12-7-9-17-18(12)2/h4-5,7,9-10,16H,3,6,8H2,1-2H3. The Morgan fingerprint density at radius 2 is 2.21 bits per heavy atom. The minimum atomic E-state index is -0.340. The number of aromatic nitrogens is 2. The first kappa shape index (κ1) is 13.4. The molecule has 0 spiro atoms. The summed E-state index contributed by atoms with van der Waals surface area (Å²) in [5.41, 5.74) is 1.89. The second-order valence-electron chi connectivity index (χ2n) is 4.20. The Morgan fingerprint density at radius 1 is 1.37 bits per heavy atom. The second kappa shape index (κ2) is 6.22. The lowest BCUT2D eigenvalue weighted by Crippen LogP contribution is -2.08. The van der Waals surface area contributed by atoms with Crippen LogP contribution in [-0.4, -0.2) is 22.9 Å².